The predicted octanol–water partition coefficient (Wildman–Crippen LogP) is 2.79. The Morgan fingerprint density at radius 3 is 2.40 bits per heavy atom. The van der Waals surface area contributed by atoms with Crippen molar-refractivity contribution >= 4 is 17.8 Å². The van der Waals surface area contributed by atoms with Gasteiger partial charge in [-0.25, -0.2) is 9.97 Å². The summed E-state index contributed by atoms with van der Waals surface area (Å²) < 4.78 is 0. The standard InChI is InChI=1S/C19H26N4O2/c24-17(8-7-15-5-2-1-3-6-15)23-13-9-16(10-14-23)18(25)22-19-20-11-4-12-21-19/h4,7-8,11-12,15-16H,1-3,5-6,9-10,13-14H2,(H,20,21,22,25). The van der Waals surface area contributed by atoms with Gasteiger partial charge in [0.05, 0.1) is 0 Å². The van der Waals surface area contributed by atoms with Gasteiger partial charge in [-0.1, -0.05) is 25.3 Å². The number of anilines is 1. The Balaban J connectivity index is 1.44. The zero-order valence-corrected chi connectivity index (χ0v) is 14.6. The van der Waals surface area contributed by atoms with Crippen LogP contribution in [-0.2, 0) is 9.59 Å². The fraction of sp³-hybridized carbons (Fsp3) is 0.579. The van der Waals surface area contributed by atoms with E-state index in [1.807, 2.05) is 4.90 Å². The van der Waals surface area contributed by atoms with E-state index in [1.54, 1.807) is 24.5 Å². The van der Waals surface area contributed by atoms with Crippen LogP contribution in [0.2, 0.25) is 0 Å². The van der Waals surface area contributed by atoms with Crippen molar-refractivity contribution in [3.05, 3.63) is 30.6 Å². The lowest BCUT2D eigenvalue weighted by atomic mass is 9.89. The second-order valence-electron chi connectivity index (χ2n) is 6.92. The number of amides is 2. The van der Waals surface area contributed by atoms with Crippen molar-refractivity contribution in [1.82, 2.24) is 14.9 Å². The lowest BCUT2D eigenvalue weighted by molar-refractivity contribution is -0.130. The van der Waals surface area contributed by atoms with E-state index in [9.17, 15) is 9.59 Å². The smallest absolute Gasteiger partial charge is 0.246 e. The number of hydrogen-bond acceptors (Lipinski definition) is 4. The van der Waals surface area contributed by atoms with Crippen LogP contribution in [0, 0.1) is 11.8 Å². The molecule has 1 N–H and O–H groups in total. The van der Waals surface area contributed by atoms with Crippen LogP contribution in [0.25, 0.3) is 0 Å². The Labute approximate surface area is 148 Å². The first-order chi connectivity index (χ1) is 12.2. The third-order valence-corrected chi connectivity index (χ3v) is 5.14. The molecule has 0 atom stereocenters. The van der Waals surface area contributed by atoms with Crippen molar-refractivity contribution in [2.75, 3.05) is 18.4 Å². The summed E-state index contributed by atoms with van der Waals surface area (Å²) in [5.41, 5.74) is 0. The summed E-state index contributed by atoms with van der Waals surface area (Å²) >= 11 is 0. The molecule has 0 spiro atoms. The summed E-state index contributed by atoms with van der Waals surface area (Å²) in [5.74, 6) is 0.829. The number of nitrogens with zero attached hydrogens (tertiary/aromatic N) is 3. The molecule has 2 amide bonds. The summed E-state index contributed by atoms with van der Waals surface area (Å²) in [6.07, 6.45) is 14.7. The highest BCUT2D eigenvalue weighted by atomic mass is 16.2. The quantitative estimate of drug-likeness (QED) is 0.854. The number of rotatable bonds is 4. The molecule has 1 aromatic rings. The Kier molecular flexibility index (Phi) is 6.14. The first kappa shape index (κ1) is 17.6. The number of piperidine rings is 1. The van der Waals surface area contributed by atoms with Crippen LogP contribution in [0.15, 0.2) is 30.6 Å². The van der Waals surface area contributed by atoms with E-state index in [4.69, 9.17) is 0 Å². The SMILES string of the molecule is O=C(Nc1ncccn1)C1CCN(C(=O)C=CC2CCCCC2)CC1. The molecule has 2 aliphatic rings. The van der Waals surface area contributed by atoms with Gasteiger partial charge in [0.1, 0.15) is 0 Å². The number of allylic oxidation sites excluding steroid dienone is 1. The Morgan fingerprint density at radius 2 is 1.72 bits per heavy atom. The van der Waals surface area contributed by atoms with E-state index in [1.165, 1.54) is 32.1 Å². The maximum absolute atomic E-state index is 12.3. The average molecular weight is 342 g/mol. The van der Waals surface area contributed by atoms with Gasteiger partial charge in [-0.2, -0.15) is 0 Å². The van der Waals surface area contributed by atoms with E-state index < -0.39 is 0 Å². The van der Waals surface area contributed by atoms with Crippen LogP contribution in [0.1, 0.15) is 44.9 Å². The molecule has 6 nitrogen and oxygen atoms in total. The maximum Gasteiger partial charge on any atom is 0.246 e. The van der Waals surface area contributed by atoms with Gasteiger partial charge in [-0.3, -0.25) is 14.9 Å². The zero-order chi connectivity index (χ0) is 17.5. The highest BCUT2D eigenvalue weighted by molar-refractivity contribution is 5.91. The minimum absolute atomic E-state index is 0.0592. The molecule has 0 bridgehead atoms. The second-order valence-corrected chi connectivity index (χ2v) is 6.92. The topological polar surface area (TPSA) is 75.2 Å². The van der Waals surface area contributed by atoms with E-state index in [-0.39, 0.29) is 17.7 Å². The molecule has 134 valence electrons. The van der Waals surface area contributed by atoms with Crippen molar-refractivity contribution in [3.63, 3.8) is 0 Å². The third-order valence-electron chi connectivity index (χ3n) is 5.14. The van der Waals surface area contributed by atoms with Crippen molar-refractivity contribution in [1.29, 1.82) is 0 Å². The normalized spacial score (nSPS) is 19.9. The molecule has 1 aromatic heterocycles. The maximum atomic E-state index is 12.3. The fourth-order valence-corrected chi connectivity index (χ4v) is 3.59. The number of likely N-dealkylation sites (tertiary alicyclic amines) is 1. The first-order valence-corrected chi connectivity index (χ1v) is 9.27. The molecule has 0 unspecified atom stereocenters. The van der Waals surface area contributed by atoms with Crippen LogP contribution in [0.4, 0.5) is 5.95 Å². The molecule has 1 aliphatic heterocycles. The minimum Gasteiger partial charge on any atom is -0.339 e. The van der Waals surface area contributed by atoms with Gasteiger partial charge >= 0.3 is 0 Å². The number of carbonyl (C=O) groups excluding carboxylic acids is 2. The van der Waals surface area contributed by atoms with Crippen molar-refractivity contribution in [3.8, 4) is 0 Å². The van der Waals surface area contributed by atoms with Crippen molar-refractivity contribution < 1.29 is 9.59 Å². The lowest BCUT2D eigenvalue weighted by Crippen LogP contribution is -2.41. The highest BCUT2D eigenvalue weighted by Crippen LogP contribution is 2.25. The van der Waals surface area contributed by atoms with Crippen molar-refractivity contribution in [2.24, 2.45) is 11.8 Å². The number of carbonyl (C=O) groups is 2. The molecular formula is C19H26N4O2. The molecule has 2 heterocycles. The first-order valence-electron chi connectivity index (χ1n) is 9.27. The summed E-state index contributed by atoms with van der Waals surface area (Å²) in [6, 6.07) is 1.71. The van der Waals surface area contributed by atoms with Crippen LogP contribution < -0.4 is 5.32 Å². The van der Waals surface area contributed by atoms with Gasteiger partial charge in [0.15, 0.2) is 0 Å². The molecule has 2 fully saturated rings. The van der Waals surface area contributed by atoms with Crippen molar-refractivity contribution in [2.45, 2.75) is 44.9 Å². The summed E-state index contributed by atoms with van der Waals surface area (Å²) in [4.78, 5) is 34.5. The van der Waals surface area contributed by atoms with Gasteiger partial charge in [0.25, 0.3) is 0 Å². The summed E-state index contributed by atoms with van der Waals surface area (Å²) in [7, 11) is 0. The highest BCUT2D eigenvalue weighted by Gasteiger charge is 2.27. The van der Waals surface area contributed by atoms with Gasteiger partial charge in [0, 0.05) is 31.4 Å². The molecule has 1 saturated heterocycles. The Hall–Kier alpha value is -2.24. The second kappa shape index (κ2) is 8.74. The number of hydrogen-bond donors (Lipinski definition) is 1. The van der Waals surface area contributed by atoms with Crippen LogP contribution in [-0.4, -0.2) is 39.8 Å². The third kappa shape index (κ3) is 5.11. The predicted molar refractivity (Wildman–Crippen MR) is 95.7 cm³/mol. The minimum atomic E-state index is -0.0878. The largest absolute Gasteiger partial charge is 0.339 e. The van der Waals surface area contributed by atoms with Gasteiger partial charge < -0.3 is 4.90 Å². The average Bonchev–Trinajstić information content (AvgIpc) is 2.68. The molecule has 0 aromatic carbocycles. The summed E-state index contributed by atoms with van der Waals surface area (Å²) in [6.45, 7) is 1.25. The number of aromatic nitrogens is 2. The van der Waals surface area contributed by atoms with E-state index in [0.29, 0.717) is 37.8 Å². The molecule has 1 aliphatic carbocycles. The van der Waals surface area contributed by atoms with E-state index in [0.717, 1.165) is 0 Å². The Morgan fingerprint density at radius 1 is 1.04 bits per heavy atom. The fourth-order valence-electron chi connectivity index (χ4n) is 3.59. The molecule has 0 radical (unpaired) electrons. The summed E-state index contributed by atoms with van der Waals surface area (Å²) in [5, 5.41) is 2.75. The van der Waals surface area contributed by atoms with Gasteiger partial charge in [-0.15, -0.1) is 0 Å². The van der Waals surface area contributed by atoms with Crippen LogP contribution in [0.3, 0.4) is 0 Å². The van der Waals surface area contributed by atoms with Gasteiger partial charge in [-0.05, 0) is 43.7 Å². The van der Waals surface area contributed by atoms with Gasteiger partial charge in [0.2, 0.25) is 17.8 Å². The Bertz CT molecular complexity index is 603. The monoisotopic (exact) mass is 342 g/mol. The van der Waals surface area contributed by atoms with Crippen LogP contribution >= 0.6 is 0 Å². The van der Waals surface area contributed by atoms with E-state index >= 15 is 0 Å². The molecule has 1 saturated carbocycles. The number of nitrogens with one attached hydrogen (secondary N) is 1. The molecule has 3 rings (SSSR count). The molecule has 25 heavy (non-hydrogen) atoms. The van der Waals surface area contributed by atoms with Crippen LogP contribution in [0.5, 0.6) is 0 Å². The van der Waals surface area contributed by atoms with E-state index in [2.05, 4.69) is 21.4 Å². The molecular weight excluding hydrogens is 316 g/mol. The zero-order valence-electron chi connectivity index (χ0n) is 14.6. The lowest BCUT2D eigenvalue weighted by Gasteiger charge is -2.30. The molecule has 6 heteroatoms.